The SMILES string of the molecule is CC1CCCN(c2c(Br)cc3c4c(cccc24)C(=O)N(OCc2ccccc2)C3=O)C1. The molecule has 0 radical (unpaired) electrons. The minimum absolute atomic E-state index is 0.147. The normalized spacial score (nSPS) is 18.7. The lowest BCUT2D eigenvalue weighted by Crippen LogP contribution is -2.40. The third kappa shape index (κ3) is 3.54. The molecule has 2 amide bonds. The second kappa shape index (κ2) is 8.09. The average molecular weight is 479 g/mol. The zero-order valence-electron chi connectivity index (χ0n) is 17.3. The molecule has 1 atom stereocenters. The lowest BCUT2D eigenvalue weighted by Gasteiger charge is -2.35. The maximum atomic E-state index is 13.3. The van der Waals surface area contributed by atoms with Crippen molar-refractivity contribution in [3.8, 4) is 0 Å². The van der Waals surface area contributed by atoms with E-state index in [0.717, 1.165) is 45.7 Å². The predicted molar refractivity (Wildman–Crippen MR) is 124 cm³/mol. The van der Waals surface area contributed by atoms with Gasteiger partial charge in [-0.1, -0.05) is 49.4 Å². The Hall–Kier alpha value is -2.70. The molecule has 0 aromatic heterocycles. The molecule has 2 heterocycles. The van der Waals surface area contributed by atoms with Crippen LogP contribution in [-0.2, 0) is 11.4 Å². The van der Waals surface area contributed by atoms with Crippen molar-refractivity contribution in [1.82, 2.24) is 5.06 Å². The summed E-state index contributed by atoms with van der Waals surface area (Å²) >= 11 is 3.71. The lowest BCUT2D eigenvalue weighted by molar-refractivity contribution is -0.104. The van der Waals surface area contributed by atoms with Gasteiger partial charge in [-0.15, -0.1) is 5.06 Å². The van der Waals surface area contributed by atoms with E-state index in [1.165, 1.54) is 6.42 Å². The van der Waals surface area contributed by atoms with Crippen LogP contribution in [0.1, 0.15) is 46.0 Å². The monoisotopic (exact) mass is 478 g/mol. The molecule has 6 heteroatoms. The van der Waals surface area contributed by atoms with Gasteiger partial charge in [-0.25, -0.2) is 0 Å². The van der Waals surface area contributed by atoms with Crippen LogP contribution in [0.15, 0.2) is 59.1 Å². The molecule has 2 aliphatic heterocycles. The summed E-state index contributed by atoms with van der Waals surface area (Å²) in [6, 6.07) is 17.0. The molecule has 3 aromatic carbocycles. The van der Waals surface area contributed by atoms with E-state index in [9.17, 15) is 9.59 Å². The molecular weight excluding hydrogens is 456 g/mol. The Balaban J connectivity index is 1.56. The fourth-order valence-electron chi connectivity index (χ4n) is 4.64. The van der Waals surface area contributed by atoms with Gasteiger partial charge in [0.25, 0.3) is 11.8 Å². The van der Waals surface area contributed by atoms with Crippen LogP contribution in [0.2, 0.25) is 0 Å². The third-order valence-corrected chi connectivity index (χ3v) is 6.70. The summed E-state index contributed by atoms with van der Waals surface area (Å²) in [5.41, 5.74) is 2.94. The highest BCUT2D eigenvalue weighted by Crippen LogP contribution is 2.42. The number of amides is 2. The molecule has 0 bridgehead atoms. The van der Waals surface area contributed by atoms with E-state index in [4.69, 9.17) is 4.84 Å². The van der Waals surface area contributed by atoms with Gasteiger partial charge in [-0.2, -0.15) is 0 Å². The fraction of sp³-hybridized carbons (Fsp3) is 0.280. The highest BCUT2D eigenvalue weighted by atomic mass is 79.9. The maximum absolute atomic E-state index is 13.3. The highest BCUT2D eigenvalue weighted by molar-refractivity contribution is 9.10. The number of rotatable bonds is 4. The molecule has 3 aromatic rings. The predicted octanol–water partition coefficient (Wildman–Crippen LogP) is 5.57. The van der Waals surface area contributed by atoms with E-state index in [2.05, 4.69) is 27.8 Å². The van der Waals surface area contributed by atoms with E-state index >= 15 is 0 Å². The topological polar surface area (TPSA) is 49.9 Å². The van der Waals surface area contributed by atoms with E-state index in [-0.39, 0.29) is 6.61 Å². The molecule has 0 aliphatic carbocycles. The first-order valence-corrected chi connectivity index (χ1v) is 11.4. The van der Waals surface area contributed by atoms with Crippen LogP contribution in [0.5, 0.6) is 0 Å². The minimum atomic E-state index is -0.427. The first-order chi connectivity index (χ1) is 15.0. The quantitative estimate of drug-likeness (QED) is 0.460. The highest BCUT2D eigenvalue weighted by Gasteiger charge is 2.36. The van der Waals surface area contributed by atoms with E-state index in [1.54, 1.807) is 6.07 Å². The number of carbonyl (C=O) groups is 2. The van der Waals surface area contributed by atoms with Crippen molar-refractivity contribution in [2.45, 2.75) is 26.4 Å². The second-order valence-electron chi connectivity index (χ2n) is 8.34. The Morgan fingerprint density at radius 2 is 1.81 bits per heavy atom. The summed E-state index contributed by atoms with van der Waals surface area (Å²) in [5, 5.41) is 2.55. The zero-order chi connectivity index (χ0) is 21.5. The minimum Gasteiger partial charge on any atom is -0.370 e. The number of hydrogen-bond acceptors (Lipinski definition) is 4. The van der Waals surface area contributed by atoms with Crippen molar-refractivity contribution >= 4 is 44.2 Å². The number of imide groups is 1. The number of halogens is 1. The molecule has 1 saturated heterocycles. The third-order valence-electron chi connectivity index (χ3n) is 6.09. The van der Waals surface area contributed by atoms with Crippen LogP contribution in [0.25, 0.3) is 10.8 Å². The van der Waals surface area contributed by atoms with Gasteiger partial charge in [0.15, 0.2) is 0 Å². The number of nitrogens with zero attached hydrogens (tertiary/aromatic N) is 2. The maximum Gasteiger partial charge on any atom is 0.285 e. The van der Waals surface area contributed by atoms with Crippen molar-refractivity contribution in [2.75, 3.05) is 18.0 Å². The standard InChI is InChI=1S/C25H23BrN2O3/c1-16-7-6-12-27(14-16)23-18-10-5-11-19-22(18)20(13-21(23)26)25(30)28(24(19)29)31-15-17-8-3-2-4-9-17/h2-5,8-11,13,16H,6-7,12,14-15H2,1H3. The molecule has 31 heavy (non-hydrogen) atoms. The lowest BCUT2D eigenvalue weighted by atomic mass is 9.92. The van der Waals surface area contributed by atoms with Gasteiger partial charge in [-0.05, 0) is 52.4 Å². The van der Waals surface area contributed by atoms with Gasteiger partial charge >= 0.3 is 0 Å². The number of anilines is 1. The van der Waals surface area contributed by atoms with E-state index in [0.29, 0.717) is 22.4 Å². The van der Waals surface area contributed by atoms with Gasteiger partial charge in [0.1, 0.15) is 6.61 Å². The fourth-order valence-corrected chi connectivity index (χ4v) is 5.33. The number of hydroxylamine groups is 2. The molecule has 0 saturated carbocycles. The number of hydrogen-bond donors (Lipinski definition) is 0. The van der Waals surface area contributed by atoms with Crippen molar-refractivity contribution in [3.63, 3.8) is 0 Å². The molecule has 1 fully saturated rings. The Morgan fingerprint density at radius 1 is 1.03 bits per heavy atom. The van der Waals surface area contributed by atoms with Gasteiger partial charge in [-0.3, -0.25) is 14.4 Å². The molecule has 0 N–H and O–H groups in total. The Morgan fingerprint density at radius 3 is 2.58 bits per heavy atom. The number of benzene rings is 3. The molecule has 5 nitrogen and oxygen atoms in total. The molecule has 158 valence electrons. The number of carbonyl (C=O) groups excluding carboxylic acids is 2. The van der Waals surface area contributed by atoms with Gasteiger partial charge < -0.3 is 4.90 Å². The first-order valence-electron chi connectivity index (χ1n) is 10.6. The Kier molecular flexibility index (Phi) is 5.28. The molecule has 5 rings (SSSR count). The summed E-state index contributed by atoms with van der Waals surface area (Å²) in [5.74, 6) is -0.236. The van der Waals surface area contributed by atoms with Crippen LogP contribution in [0.3, 0.4) is 0 Å². The summed E-state index contributed by atoms with van der Waals surface area (Å²) in [7, 11) is 0. The van der Waals surface area contributed by atoms with Crippen LogP contribution in [0, 0.1) is 5.92 Å². The van der Waals surface area contributed by atoms with Crippen LogP contribution < -0.4 is 4.90 Å². The van der Waals surface area contributed by atoms with Crippen LogP contribution in [0.4, 0.5) is 5.69 Å². The largest absolute Gasteiger partial charge is 0.370 e. The van der Waals surface area contributed by atoms with E-state index in [1.807, 2.05) is 48.5 Å². The van der Waals surface area contributed by atoms with Crippen molar-refractivity contribution in [1.29, 1.82) is 0 Å². The summed E-state index contributed by atoms with van der Waals surface area (Å²) in [6.45, 7) is 4.34. The van der Waals surface area contributed by atoms with Crippen molar-refractivity contribution in [3.05, 3.63) is 75.8 Å². The van der Waals surface area contributed by atoms with Gasteiger partial charge in [0, 0.05) is 28.3 Å². The van der Waals surface area contributed by atoms with Gasteiger partial charge in [0.2, 0.25) is 0 Å². The smallest absolute Gasteiger partial charge is 0.285 e. The molecule has 0 spiro atoms. The zero-order valence-corrected chi connectivity index (χ0v) is 18.9. The summed E-state index contributed by atoms with van der Waals surface area (Å²) < 4.78 is 0.868. The molecular formula is C25H23BrN2O3. The molecule has 1 unspecified atom stereocenters. The van der Waals surface area contributed by atoms with Crippen molar-refractivity contribution < 1.29 is 14.4 Å². The van der Waals surface area contributed by atoms with Gasteiger partial charge in [0.05, 0.1) is 16.8 Å². The summed E-state index contributed by atoms with van der Waals surface area (Å²) in [4.78, 5) is 34.5. The molecule has 2 aliphatic rings. The van der Waals surface area contributed by atoms with Crippen molar-refractivity contribution in [2.24, 2.45) is 5.92 Å². The Labute approximate surface area is 189 Å². The Bertz CT molecular complexity index is 1180. The first kappa shape index (κ1) is 20.2. The number of piperidine rings is 1. The average Bonchev–Trinajstić information content (AvgIpc) is 2.78. The summed E-state index contributed by atoms with van der Waals surface area (Å²) in [6.07, 6.45) is 2.36. The van der Waals surface area contributed by atoms with E-state index < -0.39 is 11.8 Å². The second-order valence-corrected chi connectivity index (χ2v) is 9.19. The van der Waals surface area contributed by atoms with Crippen LogP contribution in [-0.4, -0.2) is 30.0 Å². The van der Waals surface area contributed by atoms with Crippen LogP contribution >= 0.6 is 15.9 Å².